The highest BCUT2D eigenvalue weighted by Gasteiger charge is 2.18. The third-order valence-corrected chi connectivity index (χ3v) is 3.15. The zero-order valence-electron chi connectivity index (χ0n) is 13.6. The lowest BCUT2D eigenvalue weighted by Gasteiger charge is -2.08. The number of nitro benzene ring substituents is 1. The molecule has 3 amide bonds. The van der Waals surface area contributed by atoms with Gasteiger partial charge in [0.25, 0.3) is 11.6 Å². The number of primary amides is 1. The van der Waals surface area contributed by atoms with Crippen molar-refractivity contribution in [3.8, 4) is 0 Å². The standard InChI is InChI=1S/C16H13FN4O6/c17-10-3-6-12(13(7-10)21(25)26)20-14(22)8-27-15(23)9-1-4-11(5-2-9)19-16(18)24/h1-7H,8H2,(H,20,22)(H3,18,19,24). The highest BCUT2D eigenvalue weighted by molar-refractivity contribution is 5.97. The number of nitrogens with one attached hydrogen (secondary N) is 2. The van der Waals surface area contributed by atoms with Gasteiger partial charge in [-0.3, -0.25) is 14.9 Å². The van der Waals surface area contributed by atoms with Crippen LogP contribution in [0.4, 0.5) is 26.2 Å². The van der Waals surface area contributed by atoms with Crippen LogP contribution in [-0.4, -0.2) is 29.4 Å². The van der Waals surface area contributed by atoms with E-state index in [1.165, 1.54) is 24.3 Å². The molecule has 2 aromatic carbocycles. The SMILES string of the molecule is NC(=O)Nc1ccc(C(=O)OCC(=O)Nc2ccc(F)cc2[N+](=O)[O-])cc1. The summed E-state index contributed by atoms with van der Waals surface area (Å²) in [6.45, 7) is -0.714. The molecule has 11 heteroatoms. The number of anilines is 2. The summed E-state index contributed by atoms with van der Waals surface area (Å²) < 4.78 is 17.9. The van der Waals surface area contributed by atoms with E-state index in [9.17, 15) is 28.9 Å². The number of carbonyl (C=O) groups excluding carboxylic acids is 3. The normalized spacial score (nSPS) is 9.96. The van der Waals surface area contributed by atoms with Gasteiger partial charge in [-0.15, -0.1) is 0 Å². The summed E-state index contributed by atoms with van der Waals surface area (Å²) in [4.78, 5) is 44.4. The van der Waals surface area contributed by atoms with Crippen LogP contribution in [0.2, 0.25) is 0 Å². The van der Waals surface area contributed by atoms with E-state index >= 15 is 0 Å². The smallest absolute Gasteiger partial charge is 0.338 e. The molecule has 27 heavy (non-hydrogen) atoms. The number of rotatable bonds is 6. The number of hydrogen-bond donors (Lipinski definition) is 3. The Kier molecular flexibility index (Phi) is 5.99. The maximum Gasteiger partial charge on any atom is 0.338 e. The van der Waals surface area contributed by atoms with Gasteiger partial charge in [-0.25, -0.2) is 14.0 Å². The van der Waals surface area contributed by atoms with Crippen molar-refractivity contribution in [2.24, 2.45) is 5.73 Å². The van der Waals surface area contributed by atoms with Gasteiger partial charge in [0.2, 0.25) is 0 Å². The number of halogens is 1. The van der Waals surface area contributed by atoms with Gasteiger partial charge < -0.3 is 21.1 Å². The van der Waals surface area contributed by atoms with E-state index < -0.39 is 40.9 Å². The van der Waals surface area contributed by atoms with Crippen molar-refractivity contribution in [2.45, 2.75) is 0 Å². The van der Waals surface area contributed by atoms with Crippen molar-refractivity contribution in [3.63, 3.8) is 0 Å². The number of esters is 1. The van der Waals surface area contributed by atoms with E-state index in [0.717, 1.165) is 12.1 Å². The Morgan fingerprint density at radius 2 is 1.78 bits per heavy atom. The predicted molar refractivity (Wildman–Crippen MR) is 91.6 cm³/mol. The van der Waals surface area contributed by atoms with Crippen LogP contribution in [0.25, 0.3) is 0 Å². The molecule has 2 rings (SSSR count). The number of nitrogens with two attached hydrogens (primary N) is 1. The average Bonchev–Trinajstić information content (AvgIpc) is 2.61. The molecule has 0 saturated heterocycles. The van der Waals surface area contributed by atoms with Gasteiger partial charge in [-0.05, 0) is 36.4 Å². The molecule has 0 aliphatic rings. The van der Waals surface area contributed by atoms with Gasteiger partial charge in [0, 0.05) is 5.69 Å². The Morgan fingerprint density at radius 3 is 2.37 bits per heavy atom. The summed E-state index contributed by atoms with van der Waals surface area (Å²) in [5.74, 6) is -2.50. The summed E-state index contributed by atoms with van der Waals surface area (Å²) in [6.07, 6.45) is 0. The molecule has 0 radical (unpaired) electrons. The highest BCUT2D eigenvalue weighted by atomic mass is 19.1. The fourth-order valence-electron chi connectivity index (χ4n) is 1.99. The van der Waals surface area contributed by atoms with E-state index in [-0.39, 0.29) is 11.3 Å². The number of urea groups is 1. The molecule has 140 valence electrons. The largest absolute Gasteiger partial charge is 0.452 e. The third-order valence-electron chi connectivity index (χ3n) is 3.15. The number of carbonyl (C=O) groups is 3. The van der Waals surface area contributed by atoms with Gasteiger partial charge in [0.05, 0.1) is 16.6 Å². The Labute approximate surface area is 151 Å². The lowest BCUT2D eigenvalue weighted by atomic mass is 10.2. The summed E-state index contributed by atoms with van der Waals surface area (Å²) in [7, 11) is 0. The summed E-state index contributed by atoms with van der Waals surface area (Å²) in [5, 5.41) is 15.3. The zero-order chi connectivity index (χ0) is 20.0. The van der Waals surface area contributed by atoms with E-state index in [1.807, 2.05) is 0 Å². The first-order valence-corrected chi connectivity index (χ1v) is 7.33. The van der Waals surface area contributed by atoms with Crippen LogP contribution < -0.4 is 16.4 Å². The average molecular weight is 376 g/mol. The highest BCUT2D eigenvalue weighted by Crippen LogP contribution is 2.24. The number of nitro groups is 1. The van der Waals surface area contributed by atoms with Crippen molar-refractivity contribution in [3.05, 3.63) is 64.0 Å². The number of ether oxygens (including phenoxy) is 1. The van der Waals surface area contributed by atoms with Gasteiger partial charge in [0.15, 0.2) is 6.61 Å². The van der Waals surface area contributed by atoms with E-state index in [2.05, 4.69) is 10.6 Å². The maximum absolute atomic E-state index is 13.1. The van der Waals surface area contributed by atoms with Crippen molar-refractivity contribution in [2.75, 3.05) is 17.2 Å². The Hall–Kier alpha value is -4.02. The number of hydrogen-bond acceptors (Lipinski definition) is 6. The molecule has 0 aromatic heterocycles. The molecule has 0 atom stereocenters. The van der Waals surface area contributed by atoms with Gasteiger partial charge in [0.1, 0.15) is 11.5 Å². The quantitative estimate of drug-likeness (QED) is 0.398. The Balaban J connectivity index is 1.94. The molecular formula is C16H13FN4O6. The molecule has 0 fully saturated rings. The molecule has 2 aromatic rings. The first kappa shape index (κ1) is 19.3. The molecule has 0 aliphatic carbocycles. The predicted octanol–water partition coefficient (Wildman–Crippen LogP) is 2.02. The monoisotopic (exact) mass is 376 g/mol. The maximum atomic E-state index is 13.1. The van der Waals surface area contributed by atoms with Crippen molar-refractivity contribution < 1.29 is 28.4 Å². The summed E-state index contributed by atoms with van der Waals surface area (Å²) in [6, 6.07) is 7.35. The van der Waals surface area contributed by atoms with Crippen molar-refractivity contribution in [1.29, 1.82) is 0 Å². The fraction of sp³-hybridized carbons (Fsp3) is 0.0625. The van der Waals surface area contributed by atoms with Gasteiger partial charge in [-0.1, -0.05) is 0 Å². The van der Waals surface area contributed by atoms with E-state index in [1.54, 1.807) is 0 Å². The lowest BCUT2D eigenvalue weighted by molar-refractivity contribution is -0.384. The molecule has 10 nitrogen and oxygen atoms in total. The second-order valence-electron chi connectivity index (χ2n) is 5.11. The number of amides is 3. The second-order valence-corrected chi connectivity index (χ2v) is 5.11. The van der Waals surface area contributed by atoms with Gasteiger partial charge >= 0.3 is 12.0 Å². The molecule has 0 bridgehead atoms. The van der Waals surface area contributed by atoms with Crippen molar-refractivity contribution in [1.82, 2.24) is 0 Å². The van der Waals surface area contributed by atoms with Crippen LogP contribution in [0, 0.1) is 15.9 Å². The van der Waals surface area contributed by atoms with Crippen LogP contribution in [-0.2, 0) is 9.53 Å². The van der Waals surface area contributed by atoms with Crippen LogP contribution in [0.1, 0.15) is 10.4 Å². The van der Waals surface area contributed by atoms with Gasteiger partial charge in [-0.2, -0.15) is 0 Å². The number of nitrogens with zero attached hydrogens (tertiary/aromatic N) is 1. The minimum absolute atomic E-state index is 0.102. The molecule has 0 heterocycles. The van der Waals surface area contributed by atoms with E-state index in [0.29, 0.717) is 11.8 Å². The molecular weight excluding hydrogens is 363 g/mol. The van der Waals surface area contributed by atoms with Crippen LogP contribution in [0.3, 0.4) is 0 Å². The molecule has 4 N–H and O–H groups in total. The summed E-state index contributed by atoms with van der Waals surface area (Å²) in [5.41, 5.74) is 4.55. The lowest BCUT2D eigenvalue weighted by Crippen LogP contribution is -2.21. The Bertz CT molecular complexity index is 900. The first-order valence-electron chi connectivity index (χ1n) is 7.33. The molecule has 0 spiro atoms. The molecule has 0 aliphatic heterocycles. The van der Waals surface area contributed by atoms with Crippen LogP contribution in [0.5, 0.6) is 0 Å². The first-order chi connectivity index (χ1) is 12.8. The summed E-state index contributed by atoms with van der Waals surface area (Å²) >= 11 is 0. The number of benzene rings is 2. The second kappa shape index (κ2) is 8.38. The minimum Gasteiger partial charge on any atom is -0.452 e. The third kappa shape index (κ3) is 5.49. The van der Waals surface area contributed by atoms with E-state index in [4.69, 9.17) is 10.5 Å². The minimum atomic E-state index is -0.855. The molecule has 0 unspecified atom stereocenters. The topological polar surface area (TPSA) is 154 Å². The molecule has 0 saturated carbocycles. The van der Waals surface area contributed by atoms with Crippen molar-refractivity contribution >= 4 is 35.0 Å². The zero-order valence-corrected chi connectivity index (χ0v) is 13.6. The van der Waals surface area contributed by atoms with Crippen LogP contribution >= 0.6 is 0 Å². The van der Waals surface area contributed by atoms with Crippen LogP contribution in [0.15, 0.2) is 42.5 Å². The Morgan fingerprint density at radius 1 is 1.11 bits per heavy atom. The fourth-order valence-corrected chi connectivity index (χ4v) is 1.99.